The molecule has 5 rings (SSSR count). The lowest BCUT2D eigenvalue weighted by molar-refractivity contribution is -0.119. The lowest BCUT2D eigenvalue weighted by Gasteiger charge is -2.25. The summed E-state index contributed by atoms with van der Waals surface area (Å²) in [4.78, 5) is 30.3. The number of hydrogen-bond donors (Lipinski definition) is 1. The summed E-state index contributed by atoms with van der Waals surface area (Å²) in [6.45, 7) is 0.613. The van der Waals surface area contributed by atoms with E-state index in [9.17, 15) is 18.0 Å². The second-order valence-electron chi connectivity index (χ2n) is 8.90. The number of sulfonamides is 1. The third-order valence-corrected chi connectivity index (χ3v) is 8.46. The van der Waals surface area contributed by atoms with Crippen LogP contribution in [0.25, 0.3) is 10.9 Å². The summed E-state index contributed by atoms with van der Waals surface area (Å²) in [7, 11) is -3.54. The van der Waals surface area contributed by atoms with E-state index in [0.29, 0.717) is 24.3 Å². The zero-order valence-electron chi connectivity index (χ0n) is 19.3. The van der Waals surface area contributed by atoms with Crippen molar-refractivity contribution < 1.29 is 22.7 Å². The summed E-state index contributed by atoms with van der Waals surface area (Å²) in [6.07, 6.45) is 5.29. The standard InChI is InChI=1S/C26H27N3O5S/c30-24(27-18-11-13-19(14-12-18)35(32,33)29-15-4-1-5-16-29)17-34-26(31)25-20-7-2-3-9-22(20)28-23-10-6-8-21(23)25/h2-3,7,9,11-14H,1,4-6,8,10,15-17H2,(H,27,30). The number of pyridine rings is 1. The normalized spacial score (nSPS) is 16.1. The molecule has 3 aromatic rings. The van der Waals surface area contributed by atoms with Gasteiger partial charge in [-0.25, -0.2) is 13.2 Å². The van der Waals surface area contributed by atoms with Gasteiger partial charge in [-0.15, -0.1) is 0 Å². The second kappa shape index (κ2) is 9.75. The summed E-state index contributed by atoms with van der Waals surface area (Å²) in [5, 5.41) is 3.39. The highest BCUT2D eigenvalue weighted by molar-refractivity contribution is 7.89. The first-order chi connectivity index (χ1) is 16.9. The second-order valence-corrected chi connectivity index (χ2v) is 10.8. The summed E-state index contributed by atoms with van der Waals surface area (Å²) in [5.74, 6) is -1.04. The van der Waals surface area contributed by atoms with E-state index in [1.54, 1.807) is 12.1 Å². The first-order valence-corrected chi connectivity index (χ1v) is 13.4. The number of nitrogens with zero attached hydrogens (tertiary/aromatic N) is 2. The van der Waals surface area contributed by atoms with E-state index < -0.39 is 28.5 Å². The fourth-order valence-electron chi connectivity index (χ4n) is 4.81. The van der Waals surface area contributed by atoms with E-state index in [4.69, 9.17) is 4.74 Å². The summed E-state index contributed by atoms with van der Waals surface area (Å²) < 4.78 is 32.4. The predicted octanol–water partition coefficient (Wildman–Crippen LogP) is 3.69. The van der Waals surface area contributed by atoms with Crippen molar-refractivity contribution in [2.24, 2.45) is 0 Å². The van der Waals surface area contributed by atoms with Crippen LogP contribution in [-0.2, 0) is 32.4 Å². The molecule has 0 unspecified atom stereocenters. The maximum absolute atomic E-state index is 13.0. The Hall–Kier alpha value is -3.30. The molecule has 1 saturated heterocycles. The molecule has 1 fully saturated rings. The number of aryl methyl sites for hydroxylation is 1. The van der Waals surface area contributed by atoms with Crippen LogP contribution in [0.3, 0.4) is 0 Å². The number of amides is 1. The minimum atomic E-state index is -3.54. The lowest BCUT2D eigenvalue weighted by Crippen LogP contribution is -2.35. The SMILES string of the molecule is O=C(COC(=O)c1c2c(nc3ccccc13)CCC2)Nc1ccc(S(=O)(=O)N2CCCCC2)cc1. The van der Waals surface area contributed by atoms with E-state index in [0.717, 1.165) is 60.7 Å². The molecule has 2 aromatic carbocycles. The number of hydrogen-bond acceptors (Lipinski definition) is 6. The molecule has 9 heteroatoms. The van der Waals surface area contributed by atoms with Crippen molar-refractivity contribution in [1.29, 1.82) is 0 Å². The Morgan fingerprint density at radius 1 is 0.943 bits per heavy atom. The van der Waals surface area contributed by atoms with E-state index in [1.807, 2.05) is 24.3 Å². The van der Waals surface area contributed by atoms with Gasteiger partial charge in [0.2, 0.25) is 10.0 Å². The minimum Gasteiger partial charge on any atom is -0.452 e. The van der Waals surface area contributed by atoms with Crippen LogP contribution in [0.5, 0.6) is 0 Å². The van der Waals surface area contributed by atoms with Gasteiger partial charge < -0.3 is 10.1 Å². The van der Waals surface area contributed by atoms with Gasteiger partial charge in [-0.1, -0.05) is 24.6 Å². The third kappa shape index (κ3) is 4.78. The van der Waals surface area contributed by atoms with Crippen molar-refractivity contribution in [2.45, 2.75) is 43.4 Å². The van der Waals surface area contributed by atoms with Crippen molar-refractivity contribution in [3.63, 3.8) is 0 Å². The highest BCUT2D eigenvalue weighted by Crippen LogP contribution is 2.30. The lowest BCUT2D eigenvalue weighted by atomic mass is 10.0. The molecule has 0 atom stereocenters. The molecule has 0 bridgehead atoms. The number of ether oxygens (including phenoxy) is 1. The summed E-state index contributed by atoms with van der Waals surface area (Å²) in [5.41, 5.74) is 3.48. The van der Waals surface area contributed by atoms with Gasteiger partial charge in [0.05, 0.1) is 16.0 Å². The molecule has 35 heavy (non-hydrogen) atoms. The van der Waals surface area contributed by atoms with E-state index >= 15 is 0 Å². The van der Waals surface area contributed by atoms with Gasteiger partial charge in [-0.05, 0) is 68.0 Å². The van der Waals surface area contributed by atoms with Crippen LogP contribution < -0.4 is 5.32 Å². The van der Waals surface area contributed by atoms with Crippen LogP contribution in [-0.4, -0.2) is 49.3 Å². The molecule has 1 aromatic heterocycles. The predicted molar refractivity (Wildman–Crippen MR) is 132 cm³/mol. The van der Waals surface area contributed by atoms with Gasteiger partial charge in [0, 0.05) is 29.9 Å². The molecule has 0 saturated carbocycles. The molecule has 0 spiro atoms. The van der Waals surface area contributed by atoms with E-state index in [-0.39, 0.29) is 4.90 Å². The Labute approximate surface area is 204 Å². The zero-order valence-corrected chi connectivity index (χ0v) is 20.1. The van der Waals surface area contributed by atoms with Crippen molar-refractivity contribution >= 4 is 38.5 Å². The topological polar surface area (TPSA) is 106 Å². The Bertz CT molecular complexity index is 1380. The van der Waals surface area contributed by atoms with Crippen LogP contribution in [0.4, 0.5) is 5.69 Å². The largest absolute Gasteiger partial charge is 0.452 e. The Kier molecular flexibility index (Phi) is 6.53. The molecule has 182 valence electrons. The molecule has 8 nitrogen and oxygen atoms in total. The van der Waals surface area contributed by atoms with Crippen molar-refractivity contribution in [2.75, 3.05) is 25.0 Å². The smallest absolute Gasteiger partial charge is 0.339 e. The number of nitrogens with one attached hydrogen (secondary N) is 1. The van der Waals surface area contributed by atoms with Crippen LogP contribution in [0, 0.1) is 0 Å². The average Bonchev–Trinajstić information content (AvgIpc) is 3.34. The van der Waals surface area contributed by atoms with Gasteiger partial charge in [0.25, 0.3) is 5.91 Å². The van der Waals surface area contributed by atoms with Gasteiger partial charge in [0.15, 0.2) is 6.61 Å². The number of rotatable bonds is 6. The number of anilines is 1. The van der Waals surface area contributed by atoms with Crippen LogP contribution >= 0.6 is 0 Å². The number of piperidine rings is 1. The Balaban J connectivity index is 1.24. The summed E-state index contributed by atoms with van der Waals surface area (Å²) >= 11 is 0. The van der Waals surface area contributed by atoms with Crippen LogP contribution in [0.1, 0.15) is 47.3 Å². The number of fused-ring (bicyclic) bond motifs is 2. The number of carbonyl (C=O) groups excluding carboxylic acids is 2. The molecule has 1 aliphatic carbocycles. The van der Waals surface area contributed by atoms with E-state index in [2.05, 4.69) is 10.3 Å². The Morgan fingerprint density at radius 2 is 1.69 bits per heavy atom. The first kappa shape index (κ1) is 23.4. The zero-order chi connectivity index (χ0) is 24.4. The van der Waals surface area contributed by atoms with Gasteiger partial charge in [-0.2, -0.15) is 4.31 Å². The minimum absolute atomic E-state index is 0.197. The summed E-state index contributed by atoms with van der Waals surface area (Å²) in [6, 6.07) is 13.5. The van der Waals surface area contributed by atoms with Crippen molar-refractivity contribution in [3.8, 4) is 0 Å². The molecule has 2 aliphatic rings. The van der Waals surface area contributed by atoms with Gasteiger partial charge >= 0.3 is 5.97 Å². The fourth-order valence-corrected chi connectivity index (χ4v) is 6.33. The number of benzene rings is 2. The number of esters is 1. The third-order valence-electron chi connectivity index (χ3n) is 6.55. The van der Waals surface area contributed by atoms with Crippen molar-refractivity contribution in [1.82, 2.24) is 9.29 Å². The molecule has 1 amide bonds. The molecule has 0 radical (unpaired) electrons. The quantitative estimate of drug-likeness (QED) is 0.525. The average molecular weight is 494 g/mol. The van der Waals surface area contributed by atoms with Crippen LogP contribution in [0.2, 0.25) is 0 Å². The number of aromatic nitrogens is 1. The first-order valence-electron chi connectivity index (χ1n) is 11.9. The van der Waals surface area contributed by atoms with Gasteiger partial charge in [0.1, 0.15) is 0 Å². The monoisotopic (exact) mass is 493 g/mol. The number of para-hydroxylation sites is 1. The van der Waals surface area contributed by atoms with E-state index in [1.165, 1.54) is 16.4 Å². The molecular formula is C26H27N3O5S. The van der Waals surface area contributed by atoms with Gasteiger partial charge in [-0.3, -0.25) is 9.78 Å². The molecule has 1 aliphatic heterocycles. The molecule has 2 heterocycles. The molecular weight excluding hydrogens is 466 g/mol. The highest BCUT2D eigenvalue weighted by atomic mass is 32.2. The fraction of sp³-hybridized carbons (Fsp3) is 0.346. The molecule has 1 N–H and O–H groups in total. The maximum atomic E-state index is 13.0. The Morgan fingerprint density at radius 3 is 2.46 bits per heavy atom. The van der Waals surface area contributed by atoms with Crippen molar-refractivity contribution in [3.05, 3.63) is 65.4 Å². The maximum Gasteiger partial charge on any atom is 0.339 e. The highest BCUT2D eigenvalue weighted by Gasteiger charge is 2.27. The van der Waals surface area contributed by atoms with Crippen LogP contribution in [0.15, 0.2) is 53.4 Å². The number of carbonyl (C=O) groups is 2.